The molecule has 11 heteroatoms. The summed E-state index contributed by atoms with van der Waals surface area (Å²) in [5, 5.41) is 3.39. The summed E-state index contributed by atoms with van der Waals surface area (Å²) >= 11 is 1.44. The first-order valence-corrected chi connectivity index (χ1v) is 12.1. The predicted molar refractivity (Wildman–Crippen MR) is 135 cm³/mol. The number of amidine groups is 1. The number of ether oxygens (including phenoxy) is 2. The summed E-state index contributed by atoms with van der Waals surface area (Å²) in [6, 6.07) is 4.32. The van der Waals surface area contributed by atoms with Gasteiger partial charge in [0, 0.05) is 36.5 Å². The summed E-state index contributed by atoms with van der Waals surface area (Å²) in [4.78, 5) is 17.7. The molecule has 1 fully saturated rings. The Bertz CT molecular complexity index is 1440. The Hall–Kier alpha value is -3.49. The Morgan fingerprint density at radius 3 is 2.92 bits per heavy atom. The smallest absolute Gasteiger partial charge is 0.233 e. The van der Waals surface area contributed by atoms with Crippen LogP contribution < -0.4 is 15.8 Å². The lowest BCUT2D eigenvalue weighted by Gasteiger charge is -2.34. The Balaban J connectivity index is 1.50. The zero-order chi connectivity index (χ0) is 25.5. The van der Waals surface area contributed by atoms with E-state index in [0.717, 1.165) is 12.5 Å². The minimum absolute atomic E-state index is 0.0521. The highest BCUT2D eigenvalue weighted by molar-refractivity contribution is 8.15. The van der Waals surface area contributed by atoms with Crippen LogP contribution in [0.15, 0.2) is 35.6 Å². The molecule has 3 N–H and O–H groups in total. The average Bonchev–Trinajstić information content (AvgIpc) is 3.56. The highest BCUT2D eigenvalue weighted by atomic mass is 32.2. The lowest BCUT2D eigenvalue weighted by atomic mass is 9.85. The van der Waals surface area contributed by atoms with Crippen molar-refractivity contribution < 1.29 is 18.3 Å². The van der Waals surface area contributed by atoms with Crippen molar-refractivity contribution in [2.24, 2.45) is 16.6 Å². The fourth-order valence-corrected chi connectivity index (χ4v) is 6.22. The normalized spacial score (nSPS) is 24.4. The largest absolute Gasteiger partial charge is 0.463 e. The molecule has 2 aromatic heterocycles. The molecule has 1 aliphatic heterocycles. The highest BCUT2D eigenvalue weighted by Gasteiger charge is 2.66. The molecule has 5 rings (SSSR count). The lowest BCUT2D eigenvalue weighted by molar-refractivity contribution is 0.184. The third-order valence-electron chi connectivity index (χ3n) is 6.48. The molecule has 8 nitrogen and oxygen atoms in total. The van der Waals surface area contributed by atoms with Gasteiger partial charge in [0.2, 0.25) is 5.88 Å². The van der Waals surface area contributed by atoms with Crippen molar-refractivity contribution in [1.82, 2.24) is 15.0 Å². The van der Waals surface area contributed by atoms with E-state index >= 15 is 4.39 Å². The summed E-state index contributed by atoms with van der Waals surface area (Å²) in [5.41, 5.74) is 6.47. The van der Waals surface area contributed by atoms with E-state index in [4.69, 9.17) is 15.2 Å². The fraction of sp³-hybridized carbons (Fsp3) is 0.360. The number of rotatable bonds is 7. The maximum absolute atomic E-state index is 15.2. The summed E-state index contributed by atoms with van der Waals surface area (Å²) in [7, 11) is 1.61. The average molecular weight is 511 g/mol. The van der Waals surface area contributed by atoms with E-state index in [1.807, 2.05) is 0 Å². The molecule has 1 saturated carbocycles. The molecule has 3 aromatic rings. The van der Waals surface area contributed by atoms with Crippen molar-refractivity contribution in [3.8, 4) is 17.7 Å². The summed E-state index contributed by atoms with van der Waals surface area (Å²) in [5.74, 6) is 4.19. The number of fused-ring (bicyclic) bond motifs is 2. The van der Waals surface area contributed by atoms with Gasteiger partial charge in [0.05, 0.1) is 28.6 Å². The molecule has 186 valence electrons. The lowest BCUT2D eigenvalue weighted by Crippen LogP contribution is -2.37. The highest BCUT2D eigenvalue weighted by Crippen LogP contribution is 2.66. The number of pyridine rings is 1. The van der Waals surface area contributed by atoms with Gasteiger partial charge in [0.1, 0.15) is 5.52 Å². The van der Waals surface area contributed by atoms with E-state index in [1.54, 1.807) is 39.3 Å². The van der Waals surface area contributed by atoms with Crippen molar-refractivity contribution in [2.75, 3.05) is 25.6 Å². The molecule has 36 heavy (non-hydrogen) atoms. The Labute approximate surface area is 211 Å². The van der Waals surface area contributed by atoms with Crippen LogP contribution >= 0.6 is 11.8 Å². The van der Waals surface area contributed by atoms with Gasteiger partial charge in [0.25, 0.3) is 0 Å². The first kappa shape index (κ1) is 24.2. The third kappa shape index (κ3) is 4.20. The molecule has 0 bridgehead atoms. The molecule has 0 amide bonds. The number of anilines is 2. The van der Waals surface area contributed by atoms with E-state index in [-0.39, 0.29) is 22.8 Å². The molecule has 1 aliphatic carbocycles. The van der Waals surface area contributed by atoms with Gasteiger partial charge in [-0.2, -0.15) is 0 Å². The number of nitrogens with zero attached hydrogens (tertiary/aromatic N) is 4. The molecule has 3 heterocycles. The van der Waals surface area contributed by atoms with Gasteiger partial charge in [-0.3, -0.25) is 4.99 Å². The molecule has 3 atom stereocenters. The summed E-state index contributed by atoms with van der Waals surface area (Å²) < 4.78 is 40.6. The van der Waals surface area contributed by atoms with Gasteiger partial charge in [-0.1, -0.05) is 17.7 Å². The van der Waals surface area contributed by atoms with Gasteiger partial charge in [-0.05, 0) is 32.4 Å². The third-order valence-corrected chi connectivity index (χ3v) is 7.76. The summed E-state index contributed by atoms with van der Waals surface area (Å²) in [6.45, 7) is 4.15. The number of nitrogens with two attached hydrogens (primary N) is 1. The molecular formula is C25H24F2N6O2S. The van der Waals surface area contributed by atoms with E-state index in [2.05, 4.69) is 37.1 Å². The number of aliphatic imine (C=N–C) groups is 1. The SMILES string of the molecule is CC#CCOc1cnc2c(Nc3cc(F)c(F)c([C@@]4(C)N=C(N)S[C@@]5(COC)CC54)c3)nccc2n1. The Kier molecular flexibility index (Phi) is 6.18. The van der Waals surface area contributed by atoms with Crippen LogP contribution in [0.2, 0.25) is 0 Å². The van der Waals surface area contributed by atoms with Gasteiger partial charge in [0.15, 0.2) is 29.2 Å². The second-order valence-electron chi connectivity index (χ2n) is 8.85. The second-order valence-corrected chi connectivity index (χ2v) is 10.3. The van der Waals surface area contributed by atoms with Gasteiger partial charge in [-0.15, -0.1) is 5.92 Å². The van der Waals surface area contributed by atoms with Gasteiger partial charge >= 0.3 is 0 Å². The number of hydrogen-bond donors (Lipinski definition) is 2. The van der Waals surface area contributed by atoms with Crippen molar-refractivity contribution in [3.05, 3.63) is 47.8 Å². The van der Waals surface area contributed by atoms with E-state index in [0.29, 0.717) is 40.2 Å². The standard InChI is InChI=1S/C25H24F2N6O2S/c1-4-5-8-35-19-12-30-21-17(32-19)6-7-29-22(21)31-14-9-15(20(27)16(26)10-14)24(2)18-11-25(18,13-34-3)36-23(28)33-24/h6-7,9-10,12,18H,8,11,13H2,1-3H3,(H2,28,33)(H,29,31)/t18?,24-,25-/m1/s1. The van der Waals surface area contributed by atoms with Crippen LogP contribution in [0.3, 0.4) is 0 Å². The number of benzene rings is 1. The predicted octanol–water partition coefficient (Wildman–Crippen LogP) is 4.13. The van der Waals surface area contributed by atoms with Crippen LogP contribution in [0.1, 0.15) is 25.8 Å². The number of methoxy groups -OCH3 is 1. The minimum atomic E-state index is -1.05. The van der Waals surface area contributed by atoms with Crippen LogP contribution in [0.25, 0.3) is 11.0 Å². The van der Waals surface area contributed by atoms with Crippen LogP contribution in [-0.4, -0.2) is 45.2 Å². The molecule has 2 aliphatic rings. The van der Waals surface area contributed by atoms with Crippen LogP contribution in [-0.2, 0) is 10.3 Å². The second kappa shape index (κ2) is 9.19. The molecule has 0 radical (unpaired) electrons. The fourth-order valence-electron chi connectivity index (χ4n) is 4.77. The number of aromatic nitrogens is 3. The number of nitrogens with one attached hydrogen (secondary N) is 1. The van der Waals surface area contributed by atoms with Crippen LogP contribution in [0, 0.1) is 29.4 Å². The molecule has 0 saturated heterocycles. The van der Waals surface area contributed by atoms with E-state index in [9.17, 15) is 4.39 Å². The maximum Gasteiger partial charge on any atom is 0.233 e. The monoisotopic (exact) mass is 510 g/mol. The van der Waals surface area contributed by atoms with Crippen LogP contribution in [0.5, 0.6) is 5.88 Å². The Morgan fingerprint density at radius 1 is 1.31 bits per heavy atom. The van der Waals surface area contributed by atoms with Crippen molar-refractivity contribution in [2.45, 2.75) is 30.6 Å². The first-order chi connectivity index (χ1) is 17.3. The molecule has 1 unspecified atom stereocenters. The number of thioether (sulfide) groups is 1. The number of hydrogen-bond acceptors (Lipinski definition) is 9. The van der Waals surface area contributed by atoms with Crippen molar-refractivity contribution in [1.29, 1.82) is 0 Å². The molecule has 0 spiro atoms. The summed E-state index contributed by atoms with van der Waals surface area (Å²) in [6.07, 6.45) is 3.74. The van der Waals surface area contributed by atoms with Gasteiger partial charge in [-0.25, -0.2) is 23.7 Å². The topological polar surface area (TPSA) is 108 Å². The number of halogens is 2. The first-order valence-electron chi connectivity index (χ1n) is 11.2. The van der Waals surface area contributed by atoms with E-state index < -0.39 is 17.2 Å². The zero-order valence-electron chi connectivity index (χ0n) is 19.9. The van der Waals surface area contributed by atoms with Crippen LogP contribution in [0.4, 0.5) is 20.3 Å². The Morgan fingerprint density at radius 2 is 2.14 bits per heavy atom. The molecular weight excluding hydrogens is 486 g/mol. The quantitative estimate of drug-likeness (QED) is 0.457. The van der Waals surface area contributed by atoms with E-state index in [1.165, 1.54) is 18.0 Å². The maximum atomic E-state index is 15.2. The van der Waals surface area contributed by atoms with Crippen molar-refractivity contribution in [3.63, 3.8) is 0 Å². The van der Waals surface area contributed by atoms with Crippen molar-refractivity contribution >= 4 is 39.5 Å². The minimum Gasteiger partial charge on any atom is -0.463 e. The molecule has 1 aromatic carbocycles. The van der Waals surface area contributed by atoms with Gasteiger partial charge < -0.3 is 20.5 Å². The zero-order valence-corrected chi connectivity index (χ0v) is 20.7.